The summed E-state index contributed by atoms with van der Waals surface area (Å²) < 4.78 is 11.6. The fourth-order valence-electron chi connectivity index (χ4n) is 3.65. The highest BCUT2D eigenvalue weighted by Gasteiger charge is 2.35. The summed E-state index contributed by atoms with van der Waals surface area (Å²) in [6.45, 7) is 1.71. The number of benzene rings is 3. The van der Waals surface area contributed by atoms with Crippen molar-refractivity contribution < 1.29 is 19.1 Å². The standard InChI is InChI=1S/C27H22Cl2N2O4S2/c1-16(18-6-4-3-5-7-18)31-26(33)24(37-27(31)36)13-17-8-11-22(23(12-17)34-2)35-15-25(32)30-19-9-10-20(28)21(29)14-19/h3-14,16H,15H2,1-2H3,(H,30,32)/b24-13-/t16-/m0/s1. The van der Waals surface area contributed by atoms with E-state index in [4.69, 9.17) is 44.9 Å². The number of anilines is 1. The molecule has 1 aliphatic heterocycles. The maximum Gasteiger partial charge on any atom is 0.266 e. The first-order valence-electron chi connectivity index (χ1n) is 11.1. The largest absolute Gasteiger partial charge is 0.493 e. The van der Waals surface area contributed by atoms with Gasteiger partial charge < -0.3 is 14.8 Å². The number of methoxy groups -OCH3 is 1. The Kier molecular flexibility index (Phi) is 8.76. The lowest BCUT2D eigenvalue weighted by Gasteiger charge is -2.23. The Labute approximate surface area is 234 Å². The first kappa shape index (κ1) is 27.0. The van der Waals surface area contributed by atoms with Gasteiger partial charge in [-0.3, -0.25) is 14.5 Å². The molecule has 1 N–H and O–H groups in total. The number of carbonyl (C=O) groups excluding carboxylic acids is 2. The minimum atomic E-state index is -0.374. The van der Waals surface area contributed by atoms with Crippen LogP contribution < -0.4 is 14.8 Å². The second kappa shape index (κ2) is 12.0. The van der Waals surface area contributed by atoms with Crippen molar-refractivity contribution in [3.63, 3.8) is 0 Å². The van der Waals surface area contributed by atoms with E-state index in [1.807, 2.05) is 37.3 Å². The third-order valence-corrected chi connectivity index (χ3v) is 7.61. The van der Waals surface area contributed by atoms with Gasteiger partial charge in [-0.25, -0.2) is 0 Å². The van der Waals surface area contributed by atoms with Gasteiger partial charge in [-0.15, -0.1) is 0 Å². The summed E-state index contributed by atoms with van der Waals surface area (Å²) in [6, 6.07) is 19.6. The molecule has 1 aliphatic rings. The number of hydrogen-bond acceptors (Lipinski definition) is 6. The molecule has 1 fully saturated rings. The smallest absolute Gasteiger partial charge is 0.266 e. The molecule has 1 heterocycles. The Bertz CT molecular complexity index is 1380. The quantitative estimate of drug-likeness (QED) is 0.232. The van der Waals surface area contributed by atoms with Crippen LogP contribution in [0.4, 0.5) is 5.69 Å². The fourth-order valence-corrected chi connectivity index (χ4v) is 5.37. The molecule has 3 aromatic rings. The van der Waals surface area contributed by atoms with E-state index in [1.54, 1.807) is 47.4 Å². The molecule has 0 unspecified atom stereocenters. The van der Waals surface area contributed by atoms with Crippen LogP contribution in [0.2, 0.25) is 10.0 Å². The number of nitrogens with zero attached hydrogens (tertiary/aromatic N) is 1. The number of thioether (sulfide) groups is 1. The average molecular weight is 574 g/mol. The Morgan fingerprint density at radius 1 is 1.08 bits per heavy atom. The number of hydrogen-bond donors (Lipinski definition) is 1. The van der Waals surface area contributed by atoms with E-state index in [0.29, 0.717) is 36.5 Å². The molecular formula is C27H22Cl2N2O4S2. The van der Waals surface area contributed by atoms with Gasteiger partial charge in [0, 0.05) is 5.69 Å². The van der Waals surface area contributed by atoms with Crippen molar-refractivity contribution in [3.8, 4) is 11.5 Å². The molecule has 1 saturated heterocycles. The summed E-state index contributed by atoms with van der Waals surface area (Å²) in [5.41, 5.74) is 2.24. The highest BCUT2D eigenvalue weighted by atomic mass is 35.5. The number of carbonyl (C=O) groups is 2. The van der Waals surface area contributed by atoms with Crippen LogP contribution in [0.3, 0.4) is 0 Å². The van der Waals surface area contributed by atoms with Crippen LogP contribution in [0.5, 0.6) is 11.5 Å². The van der Waals surface area contributed by atoms with Gasteiger partial charge in [0.1, 0.15) is 4.32 Å². The molecule has 10 heteroatoms. The zero-order chi connectivity index (χ0) is 26.5. The monoisotopic (exact) mass is 572 g/mol. The van der Waals surface area contributed by atoms with E-state index in [9.17, 15) is 9.59 Å². The van der Waals surface area contributed by atoms with Crippen molar-refractivity contribution >= 4 is 75.1 Å². The minimum absolute atomic E-state index is 0.148. The Balaban J connectivity index is 1.43. The van der Waals surface area contributed by atoms with Gasteiger partial charge in [0.2, 0.25) is 0 Å². The number of amides is 2. The first-order valence-corrected chi connectivity index (χ1v) is 13.1. The molecule has 190 valence electrons. The molecule has 6 nitrogen and oxygen atoms in total. The zero-order valence-electron chi connectivity index (χ0n) is 19.9. The van der Waals surface area contributed by atoms with E-state index in [-0.39, 0.29) is 24.5 Å². The van der Waals surface area contributed by atoms with Gasteiger partial charge in [0.25, 0.3) is 11.8 Å². The van der Waals surface area contributed by atoms with Crippen LogP contribution in [0.25, 0.3) is 6.08 Å². The first-order chi connectivity index (χ1) is 17.8. The summed E-state index contributed by atoms with van der Waals surface area (Å²) in [5.74, 6) is 0.281. The molecule has 0 saturated carbocycles. The van der Waals surface area contributed by atoms with Gasteiger partial charge in [0.05, 0.1) is 28.1 Å². The fraction of sp³-hybridized carbons (Fsp3) is 0.148. The number of rotatable bonds is 8. The molecule has 0 aliphatic carbocycles. The van der Waals surface area contributed by atoms with Crippen LogP contribution in [0, 0.1) is 0 Å². The van der Waals surface area contributed by atoms with Crippen LogP contribution >= 0.6 is 47.2 Å². The molecular weight excluding hydrogens is 551 g/mol. The maximum absolute atomic E-state index is 13.2. The van der Waals surface area contributed by atoms with E-state index in [2.05, 4.69) is 5.32 Å². The number of thiocarbonyl (C=S) groups is 1. The molecule has 0 aromatic heterocycles. The predicted octanol–water partition coefficient (Wildman–Crippen LogP) is 6.98. The summed E-state index contributed by atoms with van der Waals surface area (Å²) in [6.07, 6.45) is 1.76. The van der Waals surface area contributed by atoms with Gasteiger partial charge in [-0.05, 0) is 54.5 Å². The zero-order valence-corrected chi connectivity index (χ0v) is 23.0. The lowest BCUT2D eigenvalue weighted by Crippen LogP contribution is -2.30. The Morgan fingerprint density at radius 3 is 2.54 bits per heavy atom. The van der Waals surface area contributed by atoms with Crippen LogP contribution in [-0.2, 0) is 9.59 Å². The van der Waals surface area contributed by atoms with Crippen molar-refractivity contribution in [1.82, 2.24) is 4.90 Å². The van der Waals surface area contributed by atoms with E-state index < -0.39 is 0 Å². The lowest BCUT2D eigenvalue weighted by atomic mass is 10.1. The molecule has 3 aromatic carbocycles. The molecule has 0 spiro atoms. The summed E-state index contributed by atoms with van der Waals surface area (Å²) in [5, 5.41) is 3.43. The molecule has 4 rings (SSSR count). The maximum atomic E-state index is 13.2. The molecule has 0 radical (unpaired) electrons. The topological polar surface area (TPSA) is 67.9 Å². The highest BCUT2D eigenvalue weighted by molar-refractivity contribution is 8.26. The molecule has 37 heavy (non-hydrogen) atoms. The SMILES string of the molecule is COc1cc(/C=C2\SC(=S)N([C@@H](C)c3ccccc3)C2=O)ccc1OCC(=O)Nc1ccc(Cl)c(Cl)c1. The average Bonchev–Trinajstić information content (AvgIpc) is 3.17. The summed E-state index contributed by atoms with van der Waals surface area (Å²) >= 11 is 18.7. The molecule has 0 bridgehead atoms. The van der Waals surface area contributed by atoms with Crippen molar-refractivity contribution in [2.24, 2.45) is 0 Å². The second-order valence-electron chi connectivity index (χ2n) is 8.01. The van der Waals surface area contributed by atoms with Gasteiger partial charge >= 0.3 is 0 Å². The van der Waals surface area contributed by atoms with Crippen LogP contribution in [0.1, 0.15) is 24.1 Å². The molecule has 1 atom stereocenters. The van der Waals surface area contributed by atoms with Gasteiger partial charge in [-0.2, -0.15) is 0 Å². The van der Waals surface area contributed by atoms with Gasteiger partial charge in [0.15, 0.2) is 18.1 Å². The van der Waals surface area contributed by atoms with Gasteiger partial charge in [-0.1, -0.05) is 83.6 Å². The third-order valence-electron chi connectivity index (χ3n) is 5.54. The second-order valence-corrected chi connectivity index (χ2v) is 10.5. The lowest BCUT2D eigenvalue weighted by molar-refractivity contribution is -0.123. The van der Waals surface area contributed by atoms with Crippen molar-refractivity contribution in [2.75, 3.05) is 19.0 Å². The van der Waals surface area contributed by atoms with Crippen molar-refractivity contribution in [1.29, 1.82) is 0 Å². The van der Waals surface area contributed by atoms with E-state index in [0.717, 1.165) is 11.1 Å². The predicted molar refractivity (Wildman–Crippen MR) is 153 cm³/mol. The van der Waals surface area contributed by atoms with Crippen LogP contribution in [-0.4, -0.2) is 34.8 Å². The Morgan fingerprint density at radius 2 is 1.84 bits per heavy atom. The normalized spacial score (nSPS) is 15.1. The van der Waals surface area contributed by atoms with E-state index >= 15 is 0 Å². The van der Waals surface area contributed by atoms with Crippen molar-refractivity contribution in [2.45, 2.75) is 13.0 Å². The summed E-state index contributed by atoms with van der Waals surface area (Å²) in [7, 11) is 1.50. The van der Waals surface area contributed by atoms with Crippen molar-refractivity contribution in [3.05, 3.63) is 92.8 Å². The third kappa shape index (κ3) is 6.45. The summed E-state index contributed by atoms with van der Waals surface area (Å²) in [4.78, 5) is 27.6. The number of ether oxygens (including phenoxy) is 2. The minimum Gasteiger partial charge on any atom is -0.493 e. The Hall–Kier alpha value is -3.04. The van der Waals surface area contributed by atoms with E-state index in [1.165, 1.54) is 18.9 Å². The van der Waals surface area contributed by atoms with Crippen LogP contribution in [0.15, 0.2) is 71.6 Å². The highest BCUT2D eigenvalue weighted by Crippen LogP contribution is 2.39. The molecule has 2 amide bonds. The number of nitrogens with one attached hydrogen (secondary N) is 1. The number of halogens is 2.